The second-order valence-electron chi connectivity index (χ2n) is 5.30. The Kier molecular flexibility index (Phi) is 4.51. The molecule has 1 aromatic heterocycles. The number of hydrogen-bond acceptors (Lipinski definition) is 3. The van der Waals surface area contributed by atoms with Crippen molar-refractivity contribution in [2.24, 2.45) is 5.92 Å². The van der Waals surface area contributed by atoms with Gasteiger partial charge in [0.15, 0.2) is 0 Å². The minimum absolute atomic E-state index is 0.754. The molecule has 0 radical (unpaired) electrons. The number of rotatable bonds is 7. The Hall–Kier alpha value is -1.16. The lowest BCUT2D eigenvalue weighted by atomic mass is 10.1. The number of pyridine rings is 1. The summed E-state index contributed by atoms with van der Waals surface area (Å²) in [4.78, 5) is 4.43. The molecular formula is C16H19ClN2O. The van der Waals surface area contributed by atoms with E-state index in [0.717, 1.165) is 48.1 Å². The van der Waals surface area contributed by atoms with E-state index in [1.165, 1.54) is 18.4 Å². The van der Waals surface area contributed by atoms with Gasteiger partial charge in [0.1, 0.15) is 0 Å². The van der Waals surface area contributed by atoms with Crippen molar-refractivity contribution in [1.29, 1.82) is 0 Å². The van der Waals surface area contributed by atoms with Crippen LogP contribution in [0.25, 0.3) is 10.9 Å². The summed E-state index contributed by atoms with van der Waals surface area (Å²) in [6.45, 7) is 3.35. The lowest BCUT2D eigenvalue weighted by Crippen LogP contribution is -2.20. The number of ether oxygens (including phenoxy) is 1. The number of nitrogens with zero attached hydrogens (tertiary/aromatic N) is 1. The second-order valence-corrected chi connectivity index (χ2v) is 5.71. The first-order chi connectivity index (χ1) is 9.84. The highest BCUT2D eigenvalue weighted by Gasteiger charge is 2.20. The van der Waals surface area contributed by atoms with Crippen LogP contribution in [0.1, 0.15) is 18.4 Å². The molecule has 106 valence electrons. The molecule has 0 unspecified atom stereocenters. The lowest BCUT2D eigenvalue weighted by Gasteiger charge is -2.09. The van der Waals surface area contributed by atoms with Gasteiger partial charge in [-0.2, -0.15) is 0 Å². The lowest BCUT2D eigenvalue weighted by molar-refractivity contribution is 0.126. The number of halogens is 1. The minimum atomic E-state index is 0.754. The highest BCUT2D eigenvalue weighted by Crippen LogP contribution is 2.28. The zero-order valence-corrected chi connectivity index (χ0v) is 12.2. The average Bonchev–Trinajstić information content (AvgIpc) is 3.29. The van der Waals surface area contributed by atoms with Crippen LogP contribution in [-0.4, -0.2) is 24.7 Å². The van der Waals surface area contributed by atoms with Crippen LogP contribution in [0.4, 0.5) is 0 Å². The maximum atomic E-state index is 6.19. The smallest absolute Gasteiger partial charge is 0.0761 e. The third-order valence-electron chi connectivity index (χ3n) is 3.59. The molecule has 3 rings (SSSR count). The van der Waals surface area contributed by atoms with E-state index in [-0.39, 0.29) is 0 Å². The third kappa shape index (κ3) is 3.48. The Morgan fingerprint density at radius 2 is 2.20 bits per heavy atom. The van der Waals surface area contributed by atoms with Gasteiger partial charge < -0.3 is 10.1 Å². The molecule has 1 heterocycles. The highest BCUT2D eigenvalue weighted by atomic mass is 35.5. The Bertz CT molecular complexity index is 584. The van der Waals surface area contributed by atoms with E-state index in [1.54, 1.807) is 6.20 Å². The van der Waals surface area contributed by atoms with Gasteiger partial charge in [0.25, 0.3) is 0 Å². The molecule has 1 N–H and O–H groups in total. The van der Waals surface area contributed by atoms with Crippen LogP contribution in [0.3, 0.4) is 0 Å². The molecule has 1 aliphatic rings. The molecule has 0 amide bonds. The van der Waals surface area contributed by atoms with Gasteiger partial charge in [-0.15, -0.1) is 0 Å². The molecule has 0 bridgehead atoms. The summed E-state index contributed by atoms with van der Waals surface area (Å²) >= 11 is 6.19. The van der Waals surface area contributed by atoms with Gasteiger partial charge in [-0.05, 0) is 42.5 Å². The number of hydrogen-bond donors (Lipinski definition) is 1. The van der Waals surface area contributed by atoms with Crippen molar-refractivity contribution >= 4 is 22.5 Å². The molecule has 0 atom stereocenters. The topological polar surface area (TPSA) is 34.1 Å². The molecule has 0 spiro atoms. The van der Waals surface area contributed by atoms with E-state index in [2.05, 4.69) is 10.3 Å². The van der Waals surface area contributed by atoms with E-state index >= 15 is 0 Å². The van der Waals surface area contributed by atoms with Crippen molar-refractivity contribution in [2.45, 2.75) is 19.4 Å². The zero-order valence-electron chi connectivity index (χ0n) is 11.4. The van der Waals surface area contributed by atoms with Gasteiger partial charge in [0.05, 0.1) is 12.1 Å². The summed E-state index contributed by atoms with van der Waals surface area (Å²) in [5.41, 5.74) is 2.15. The standard InChI is InChI=1S/C16H19ClN2O/c17-15-6-5-13(16-14(15)2-1-7-19-16)10-18-8-9-20-11-12-3-4-12/h1-2,5-7,12,18H,3-4,8-11H2. The minimum Gasteiger partial charge on any atom is -0.380 e. The Morgan fingerprint density at radius 1 is 1.30 bits per heavy atom. The molecule has 0 saturated heterocycles. The fourth-order valence-corrected chi connectivity index (χ4v) is 2.46. The predicted molar refractivity (Wildman–Crippen MR) is 82.0 cm³/mol. The van der Waals surface area contributed by atoms with Crippen molar-refractivity contribution in [3.05, 3.63) is 41.0 Å². The molecular weight excluding hydrogens is 272 g/mol. The van der Waals surface area contributed by atoms with Crippen LogP contribution >= 0.6 is 11.6 Å². The summed E-state index contributed by atoms with van der Waals surface area (Å²) in [6.07, 6.45) is 4.49. The molecule has 1 saturated carbocycles. The number of nitrogens with one attached hydrogen (secondary N) is 1. The van der Waals surface area contributed by atoms with Crippen molar-refractivity contribution in [3.63, 3.8) is 0 Å². The molecule has 20 heavy (non-hydrogen) atoms. The first kappa shape index (κ1) is 13.8. The number of fused-ring (bicyclic) bond motifs is 1. The maximum Gasteiger partial charge on any atom is 0.0761 e. The maximum absolute atomic E-state index is 6.19. The van der Waals surface area contributed by atoms with E-state index in [9.17, 15) is 0 Å². The Morgan fingerprint density at radius 3 is 3.05 bits per heavy atom. The van der Waals surface area contributed by atoms with Crippen molar-refractivity contribution < 1.29 is 4.74 Å². The Balaban J connectivity index is 1.53. The normalized spacial score (nSPS) is 14.8. The van der Waals surface area contributed by atoms with Gasteiger partial charge in [-0.25, -0.2) is 0 Å². The summed E-state index contributed by atoms with van der Waals surface area (Å²) in [5, 5.41) is 5.17. The van der Waals surface area contributed by atoms with Crippen molar-refractivity contribution in [3.8, 4) is 0 Å². The van der Waals surface area contributed by atoms with Gasteiger partial charge in [0.2, 0.25) is 0 Å². The third-order valence-corrected chi connectivity index (χ3v) is 3.92. The summed E-state index contributed by atoms with van der Waals surface area (Å²) in [6, 6.07) is 7.89. The van der Waals surface area contributed by atoms with Crippen molar-refractivity contribution in [1.82, 2.24) is 10.3 Å². The number of benzene rings is 1. The van der Waals surface area contributed by atoms with E-state index in [4.69, 9.17) is 16.3 Å². The number of aromatic nitrogens is 1. The molecule has 1 fully saturated rings. The van der Waals surface area contributed by atoms with Crippen LogP contribution < -0.4 is 5.32 Å². The van der Waals surface area contributed by atoms with Crippen molar-refractivity contribution in [2.75, 3.05) is 19.8 Å². The molecule has 3 nitrogen and oxygen atoms in total. The summed E-state index contributed by atoms with van der Waals surface area (Å²) < 4.78 is 5.60. The molecule has 1 aromatic carbocycles. The highest BCUT2D eigenvalue weighted by molar-refractivity contribution is 6.35. The Labute approximate surface area is 124 Å². The first-order valence-corrected chi connectivity index (χ1v) is 7.53. The zero-order chi connectivity index (χ0) is 13.8. The van der Waals surface area contributed by atoms with E-state index in [1.807, 2.05) is 24.3 Å². The fraction of sp³-hybridized carbons (Fsp3) is 0.438. The monoisotopic (exact) mass is 290 g/mol. The van der Waals surface area contributed by atoms with Crippen LogP contribution in [-0.2, 0) is 11.3 Å². The quantitative estimate of drug-likeness (QED) is 0.794. The first-order valence-electron chi connectivity index (χ1n) is 7.15. The van der Waals surface area contributed by atoms with Crippen LogP contribution in [0, 0.1) is 5.92 Å². The molecule has 4 heteroatoms. The van der Waals surface area contributed by atoms with Crippen LogP contribution in [0.2, 0.25) is 5.02 Å². The average molecular weight is 291 g/mol. The predicted octanol–water partition coefficient (Wildman–Crippen LogP) is 3.40. The van der Waals surface area contributed by atoms with E-state index < -0.39 is 0 Å². The van der Waals surface area contributed by atoms with Crippen LogP contribution in [0.5, 0.6) is 0 Å². The SMILES string of the molecule is Clc1ccc(CNCCOCC2CC2)c2ncccc12. The molecule has 0 aliphatic heterocycles. The fourth-order valence-electron chi connectivity index (χ4n) is 2.24. The second kappa shape index (κ2) is 6.53. The summed E-state index contributed by atoms with van der Waals surface area (Å²) in [7, 11) is 0. The summed E-state index contributed by atoms with van der Waals surface area (Å²) in [5.74, 6) is 0.833. The molecule has 1 aliphatic carbocycles. The van der Waals surface area contributed by atoms with Gasteiger partial charge in [-0.3, -0.25) is 4.98 Å². The van der Waals surface area contributed by atoms with Gasteiger partial charge >= 0.3 is 0 Å². The van der Waals surface area contributed by atoms with Gasteiger partial charge in [-0.1, -0.05) is 17.7 Å². The van der Waals surface area contributed by atoms with Crippen LogP contribution in [0.15, 0.2) is 30.5 Å². The van der Waals surface area contributed by atoms with Gasteiger partial charge in [0, 0.05) is 36.3 Å². The molecule has 2 aromatic rings. The van der Waals surface area contributed by atoms with E-state index in [0.29, 0.717) is 0 Å². The largest absolute Gasteiger partial charge is 0.380 e.